The zero-order valence-electron chi connectivity index (χ0n) is 15.2. The van der Waals surface area contributed by atoms with E-state index < -0.39 is 12.1 Å². The fraction of sp³-hybridized carbons (Fsp3) is 0.167. The van der Waals surface area contributed by atoms with Crippen molar-refractivity contribution in [1.82, 2.24) is 24.5 Å². The number of carboxylic acid groups (broad SMARTS) is 1. The van der Waals surface area contributed by atoms with Gasteiger partial charge in [-0.05, 0) is 31.2 Å². The van der Waals surface area contributed by atoms with Crippen LogP contribution in [-0.2, 0) is 11.8 Å². The van der Waals surface area contributed by atoms with Gasteiger partial charge < -0.3 is 14.4 Å². The molecule has 28 heavy (non-hydrogen) atoms. The zero-order chi connectivity index (χ0) is 20.0. The van der Waals surface area contributed by atoms with Crippen LogP contribution in [0.5, 0.6) is 0 Å². The molecule has 0 fully saturated rings. The lowest BCUT2D eigenvalue weighted by atomic mass is 10.1. The van der Waals surface area contributed by atoms with Gasteiger partial charge in [-0.1, -0.05) is 11.2 Å². The Kier molecular flexibility index (Phi) is 3.95. The molecule has 10 heteroatoms. The van der Waals surface area contributed by atoms with Crippen molar-refractivity contribution in [3.05, 3.63) is 41.9 Å². The molecule has 0 spiro atoms. The molecule has 0 amide bonds. The topological polar surface area (TPSA) is 125 Å². The molecule has 4 aromatic rings. The van der Waals surface area contributed by atoms with Gasteiger partial charge in [0.1, 0.15) is 5.69 Å². The quantitative estimate of drug-likeness (QED) is 0.537. The SMILES string of the molecule is COC(=O)c1cc(-c2ccc3c(c2)cc(-c2nc(C)no2)n3C(=O)O)n(C)n1. The van der Waals surface area contributed by atoms with E-state index in [9.17, 15) is 14.7 Å². The molecular formula is C18H15N5O5. The molecule has 3 heterocycles. The van der Waals surface area contributed by atoms with Crippen molar-refractivity contribution >= 4 is 23.0 Å². The highest BCUT2D eigenvalue weighted by Crippen LogP contribution is 2.31. The molecular weight excluding hydrogens is 366 g/mol. The molecule has 0 unspecified atom stereocenters. The first-order valence-electron chi connectivity index (χ1n) is 8.21. The lowest BCUT2D eigenvalue weighted by Crippen LogP contribution is -2.09. The number of hydrogen-bond donors (Lipinski definition) is 1. The number of carbonyl (C=O) groups is 2. The monoisotopic (exact) mass is 381 g/mol. The number of fused-ring (bicyclic) bond motifs is 1. The van der Waals surface area contributed by atoms with Crippen molar-refractivity contribution in [3.8, 4) is 22.8 Å². The minimum absolute atomic E-state index is 0.117. The first-order valence-corrected chi connectivity index (χ1v) is 8.21. The Morgan fingerprint density at radius 2 is 1.96 bits per heavy atom. The third-order valence-corrected chi connectivity index (χ3v) is 4.31. The average Bonchev–Trinajstić information content (AvgIpc) is 3.36. The van der Waals surface area contributed by atoms with Gasteiger partial charge in [0.15, 0.2) is 11.5 Å². The van der Waals surface area contributed by atoms with Gasteiger partial charge in [0.25, 0.3) is 5.89 Å². The first-order chi connectivity index (χ1) is 13.4. The number of hydrogen-bond acceptors (Lipinski definition) is 7. The van der Waals surface area contributed by atoms with Crippen LogP contribution >= 0.6 is 0 Å². The van der Waals surface area contributed by atoms with Gasteiger partial charge in [0.2, 0.25) is 0 Å². The van der Waals surface area contributed by atoms with E-state index in [0.29, 0.717) is 22.4 Å². The molecule has 0 aliphatic carbocycles. The van der Waals surface area contributed by atoms with Gasteiger partial charge in [0.05, 0.1) is 18.3 Å². The highest BCUT2D eigenvalue weighted by atomic mass is 16.5. The predicted octanol–water partition coefficient (Wildman–Crippen LogP) is 2.71. The summed E-state index contributed by atoms with van der Waals surface area (Å²) in [6.45, 7) is 1.65. The van der Waals surface area contributed by atoms with Gasteiger partial charge in [-0.25, -0.2) is 14.2 Å². The van der Waals surface area contributed by atoms with Crippen LogP contribution in [0.1, 0.15) is 16.3 Å². The second-order valence-corrected chi connectivity index (χ2v) is 6.10. The highest BCUT2D eigenvalue weighted by molar-refractivity contribution is 5.97. The van der Waals surface area contributed by atoms with Gasteiger partial charge in [-0.3, -0.25) is 4.68 Å². The fourth-order valence-corrected chi connectivity index (χ4v) is 3.08. The lowest BCUT2D eigenvalue weighted by molar-refractivity contribution is 0.0593. The average molecular weight is 381 g/mol. The maximum absolute atomic E-state index is 11.8. The molecule has 0 atom stereocenters. The summed E-state index contributed by atoms with van der Waals surface area (Å²) in [7, 11) is 3.00. The smallest absolute Gasteiger partial charge is 0.416 e. The highest BCUT2D eigenvalue weighted by Gasteiger charge is 2.21. The van der Waals surface area contributed by atoms with Crippen LogP contribution in [0.2, 0.25) is 0 Å². The molecule has 0 saturated heterocycles. The number of ether oxygens (including phenoxy) is 1. The van der Waals surface area contributed by atoms with Crippen LogP contribution in [0.3, 0.4) is 0 Å². The summed E-state index contributed by atoms with van der Waals surface area (Å²) < 4.78 is 12.5. The standard InChI is InChI=1S/C18H15N5O5/c1-9-19-16(28-21-9)15-7-11-6-10(4-5-13(11)23(15)18(25)26)14-8-12(17(24)27-3)20-22(14)2/h4-8H,1-3H3,(H,25,26). The summed E-state index contributed by atoms with van der Waals surface area (Å²) >= 11 is 0. The van der Waals surface area contributed by atoms with Gasteiger partial charge in [-0.2, -0.15) is 10.1 Å². The molecule has 3 aromatic heterocycles. The zero-order valence-corrected chi connectivity index (χ0v) is 15.2. The van der Waals surface area contributed by atoms with Crippen molar-refractivity contribution in [1.29, 1.82) is 0 Å². The molecule has 0 aliphatic rings. The van der Waals surface area contributed by atoms with Crippen LogP contribution in [0, 0.1) is 6.92 Å². The van der Waals surface area contributed by atoms with Crippen LogP contribution in [0.25, 0.3) is 33.7 Å². The van der Waals surface area contributed by atoms with E-state index >= 15 is 0 Å². The third kappa shape index (κ3) is 2.71. The summed E-state index contributed by atoms with van der Waals surface area (Å²) in [6.07, 6.45) is -1.16. The second-order valence-electron chi connectivity index (χ2n) is 6.10. The Balaban J connectivity index is 1.88. The Bertz CT molecular complexity index is 1230. The third-order valence-electron chi connectivity index (χ3n) is 4.31. The van der Waals surface area contributed by atoms with E-state index in [1.807, 2.05) is 0 Å². The Labute approximate surface area is 157 Å². The van der Waals surface area contributed by atoms with Gasteiger partial charge in [-0.15, -0.1) is 0 Å². The molecule has 4 rings (SSSR count). The number of aryl methyl sites for hydroxylation is 2. The predicted molar refractivity (Wildman–Crippen MR) is 96.9 cm³/mol. The molecule has 10 nitrogen and oxygen atoms in total. The van der Waals surface area contributed by atoms with E-state index in [1.54, 1.807) is 49.0 Å². The molecule has 0 bridgehead atoms. The van der Waals surface area contributed by atoms with E-state index in [4.69, 9.17) is 9.26 Å². The van der Waals surface area contributed by atoms with Crippen molar-refractivity contribution in [2.24, 2.45) is 7.05 Å². The van der Waals surface area contributed by atoms with Gasteiger partial charge in [0, 0.05) is 18.0 Å². The number of carbonyl (C=O) groups excluding carboxylic acids is 1. The summed E-state index contributed by atoms with van der Waals surface area (Å²) in [5.74, 6) is -0.0109. The van der Waals surface area contributed by atoms with Crippen molar-refractivity contribution in [2.45, 2.75) is 6.92 Å². The summed E-state index contributed by atoms with van der Waals surface area (Å²) in [5, 5.41) is 18.2. The maximum atomic E-state index is 11.8. The van der Waals surface area contributed by atoms with Crippen molar-refractivity contribution in [2.75, 3.05) is 7.11 Å². The van der Waals surface area contributed by atoms with E-state index in [0.717, 1.165) is 10.1 Å². The number of esters is 1. The normalized spacial score (nSPS) is 11.1. The molecule has 0 radical (unpaired) electrons. The molecule has 1 aromatic carbocycles. The van der Waals surface area contributed by atoms with Crippen molar-refractivity contribution < 1.29 is 24.0 Å². The largest absolute Gasteiger partial charge is 0.464 e. The molecule has 1 N–H and O–H groups in total. The number of rotatable bonds is 3. The molecule has 0 saturated carbocycles. The number of benzene rings is 1. The Hall–Kier alpha value is -3.95. The van der Waals surface area contributed by atoms with Crippen LogP contribution in [0.4, 0.5) is 4.79 Å². The lowest BCUT2D eigenvalue weighted by Gasteiger charge is -2.04. The van der Waals surface area contributed by atoms with Gasteiger partial charge >= 0.3 is 12.1 Å². The Morgan fingerprint density at radius 3 is 2.61 bits per heavy atom. The fourth-order valence-electron chi connectivity index (χ4n) is 3.08. The molecule has 0 aliphatic heterocycles. The number of aromatic nitrogens is 5. The summed E-state index contributed by atoms with van der Waals surface area (Å²) in [4.78, 5) is 27.6. The first kappa shape index (κ1) is 17.5. The molecule has 142 valence electrons. The maximum Gasteiger partial charge on any atom is 0.416 e. The van der Waals surface area contributed by atoms with E-state index in [-0.39, 0.29) is 17.3 Å². The number of nitrogens with zero attached hydrogens (tertiary/aromatic N) is 5. The van der Waals surface area contributed by atoms with Crippen LogP contribution < -0.4 is 0 Å². The van der Waals surface area contributed by atoms with E-state index in [2.05, 4.69) is 15.2 Å². The minimum atomic E-state index is -1.16. The van der Waals surface area contributed by atoms with Crippen LogP contribution in [0.15, 0.2) is 34.9 Å². The van der Waals surface area contributed by atoms with Crippen molar-refractivity contribution in [3.63, 3.8) is 0 Å². The van der Waals surface area contributed by atoms with E-state index in [1.165, 1.54) is 7.11 Å². The summed E-state index contributed by atoms with van der Waals surface area (Å²) in [6, 6.07) is 8.51. The number of methoxy groups -OCH3 is 1. The Morgan fingerprint density at radius 1 is 1.18 bits per heavy atom. The second kappa shape index (κ2) is 6.34. The minimum Gasteiger partial charge on any atom is -0.464 e. The summed E-state index contributed by atoms with van der Waals surface area (Å²) in [5.41, 5.74) is 2.37. The van der Waals surface area contributed by atoms with Crippen LogP contribution in [-0.4, -0.2) is 48.8 Å².